The van der Waals surface area contributed by atoms with Crippen LogP contribution in [0.1, 0.15) is 16.1 Å². The van der Waals surface area contributed by atoms with Crippen molar-refractivity contribution in [2.75, 3.05) is 13.7 Å². The van der Waals surface area contributed by atoms with E-state index in [1.807, 2.05) is 30.5 Å². The zero-order valence-electron chi connectivity index (χ0n) is 16.9. The maximum absolute atomic E-state index is 12.7. The van der Waals surface area contributed by atoms with E-state index in [4.69, 9.17) is 4.74 Å². The van der Waals surface area contributed by atoms with Crippen molar-refractivity contribution in [3.8, 4) is 27.7 Å². The van der Waals surface area contributed by atoms with E-state index in [9.17, 15) is 4.79 Å². The van der Waals surface area contributed by atoms with Gasteiger partial charge in [-0.15, -0.1) is 11.3 Å². The normalized spacial score (nSPS) is 13.7. The molecule has 3 aromatic heterocycles. The van der Waals surface area contributed by atoms with Crippen LogP contribution in [0.5, 0.6) is 5.75 Å². The van der Waals surface area contributed by atoms with Gasteiger partial charge in [-0.05, 0) is 12.1 Å². The van der Waals surface area contributed by atoms with Crippen molar-refractivity contribution in [2.45, 2.75) is 19.5 Å². The molecule has 9 heteroatoms. The molecule has 5 rings (SSSR count). The lowest BCUT2D eigenvalue weighted by atomic mass is 10.1. The minimum atomic E-state index is -0.102. The highest BCUT2D eigenvalue weighted by Gasteiger charge is 2.22. The zero-order valence-corrected chi connectivity index (χ0v) is 17.7. The topological polar surface area (TPSA) is 96.9 Å². The van der Waals surface area contributed by atoms with E-state index >= 15 is 0 Å². The Morgan fingerprint density at radius 3 is 2.90 bits per heavy atom. The summed E-state index contributed by atoms with van der Waals surface area (Å²) in [6.45, 7) is 2.14. The highest BCUT2D eigenvalue weighted by atomic mass is 32.1. The Morgan fingerprint density at radius 1 is 1.19 bits per heavy atom. The van der Waals surface area contributed by atoms with E-state index in [0.717, 1.165) is 52.0 Å². The third-order valence-electron chi connectivity index (χ3n) is 5.23. The molecule has 0 saturated carbocycles. The number of H-pyrrole nitrogens is 1. The van der Waals surface area contributed by atoms with Crippen LogP contribution in [0.25, 0.3) is 22.0 Å². The summed E-state index contributed by atoms with van der Waals surface area (Å²) in [4.78, 5) is 36.3. The van der Waals surface area contributed by atoms with E-state index in [-0.39, 0.29) is 5.56 Å². The van der Waals surface area contributed by atoms with Crippen molar-refractivity contribution < 1.29 is 4.74 Å². The molecule has 0 fully saturated rings. The van der Waals surface area contributed by atoms with Gasteiger partial charge in [-0.25, -0.2) is 19.9 Å². The number of benzene rings is 1. The van der Waals surface area contributed by atoms with Gasteiger partial charge in [0.05, 0.1) is 23.9 Å². The first-order valence-corrected chi connectivity index (χ1v) is 10.7. The van der Waals surface area contributed by atoms with Crippen LogP contribution >= 0.6 is 11.3 Å². The molecule has 156 valence electrons. The molecule has 0 amide bonds. The number of ether oxygens (including phenoxy) is 1. The first-order chi connectivity index (χ1) is 15.2. The van der Waals surface area contributed by atoms with E-state index in [2.05, 4.69) is 29.8 Å². The van der Waals surface area contributed by atoms with Gasteiger partial charge >= 0.3 is 0 Å². The monoisotopic (exact) mass is 432 g/mol. The molecule has 1 aromatic carbocycles. The average molecular weight is 433 g/mol. The third kappa shape index (κ3) is 4.10. The molecule has 31 heavy (non-hydrogen) atoms. The Balaban J connectivity index is 1.33. The Kier molecular flexibility index (Phi) is 5.27. The average Bonchev–Trinajstić information content (AvgIpc) is 3.28. The standard InChI is InChI=1S/C22H20N6O2S/c1-30-16-4-2-3-14(7-16)22-25-10-17(31-22)11-28-6-5-19-18(12-28)21(29)27-20(26-19)15-8-23-13-24-9-15/h2-4,7-10,13H,5-6,11-12H2,1H3,(H,26,27,29). The fourth-order valence-corrected chi connectivity index (χ4v) is 4.62. The largest absolute Gasteiger partial charge is 0.497 e. The summed E-state index contributed by atoms with van der Waals surface area (Å²) < 4.78 is 5.31. The number of rotatable bonds is 5. The first-order valence-electron chi connectivity index (χ1n) is 9.88. The van der Waals surface area contributed by atoms with E-state index in [1.54, 1.807) is 30.8 Å². The number of nitrogens with one attached hydrogen (secondary N) is 1. The molecule has 0 spiro atoms. The second-order valence-corrected chi connectivity index (χ2v) is 8.41. The van der Waals surface area contributed by atoms with Gasteiger partial charge in [0.25, 0.3) is 5.56 Å². The van der Waals surface area contributed by atoms with Crippen molar-refractivity contribution in [3.63, 3.8) is 0 Å². The Bertz CT molecular complexity index is 1270. The number of nitrogens with zero attached hydrogens (tertiary/aromatic N) is 5. The summed E-state index contributed by atoms with van der Waals surface area (Å²) in [6.07, 6.45) is 7.39. The first kappa shape index (κ1) is 19.5. The number of methoxy groups -OCH3 is 1. The molecule has 1 aliphatic heterocycles. The van der Waals surface area contributed by atoms with Gasteiger partial charge in [0, 0.05) is 55.1 Å². The number of aromatic nitrogens is 5. The van der Waals surface area contributed by atoms with Gasteiger partial charge in [0.1, 0.15) is 22.9 Å². The minimum Gasteiger partial charge on any atom is -0.497 e. The van der Waals surface area contributed by atoms with Crippen LogP contribution in [0, 0.1) is 0 Å². The number of hydrogen-bond donors (Lipinski definition) is 1. The number of fused-ring (bicyclic) bond motifs is 1. The van der Waals surface area contributed by atoms with E-state index in [1.165, 1.54) is 6.33 Å². The van der Waals surface area contributed by atoms with E-state index in [0.29, 0.717) is 17.9 Å². The quantitative estimate of drug-likeness (QED) is 0.518. The molecular weight excluding hydrogens is 412 g/mol. The second kappa shape index (κ2) is 8.37. The summed E-state index contributed by atoms with van der Waals surface area (Å²) >= 11 is 1.66. The fourth-order valence-electron chi connectivity index (χ4n) is 3.66. The molecule has 0 bridgehead atoms. The lowest BCUT2D eigenvalue weighted by molar-refractivity contribution is 0.244. The molecule has 4 aromatic rings. The van der Waals surface area contributed by atoms with Crippen LogP contribution < -0.4 is 10.3 Å². The van der Waals surface area contributed by atoms with Crippen LogP contribution in [-0.2, 0) is 19.5 Å². The molecule has 0 atom stereocenters. The summed E-state index contributed by atoms with van der Waals surface area (Å²) in [5.41, 5.74) is 3.22. The smallest absolute Gasteiger partial charge is 0.255 e. The van der Waals surface area contributed by atoms with Gasteiger partial charge in [-0.3, -0.25) is 9.69 Å². The van der Waals surface area contributed by atoms with Crippen LogP contribution in [0.2, 0.25) is 0 Å². The highest BCUT2D eigenvalue weighted by molar-refractivity contribution is 7.15. The molecule has 8 nitrogen and oxygen atoms in total. The number of aromatic amines is 1. The van der Waals surface area contributed by atoms with Crippen LogP contribution in [-0.4, -0.2) is 43.5 Å². The summed E-state index contributed by atoms with van der Waals surface area (Å²) in [5, 5.41) is 0.959. The highest BCUT2D eigenvalue weighted by Crippen LogP contribution is 2.29. The van der Waals surface area contributed by atoms with Crippen LogP contribution in [0.3, 0.4) is 0 Å². The lowest BCUT2D eigenvalue weighted by Gasteiger charge is -2.27. The molecule has 0 saturated heterocycles. The molecule has 0 unspecified atom stereocenters. The predicted molar refractivity (Wildman–Crippen MR) is 118 cm³/mol. The van der Waals surface area contributed by atoms with Crippen molar-refractivity contribution in [2.24, 2.45) is 0 Å². The molecular formula is C22H20N6O2S. The SMILES string of the molecule is COc1cccc(-c2ncc(CN3CCc4nc(-c5cncnc5)[nH]c(=O)c4C3)s2)c1. The summed E-state index contributed by atoms with van der Waals surface area (Å²) in [5.74, 6) is 1.33. The summed E-state index contributed by atoms with van der Waals surface area (Å²) in [7, 11) is 1.66. The number of thiazole rings is 1. The second-order valence-electron chi connectivity index (χ2n) is 7.29. The van der Waals surface area contributed by atoms with Gasteiger partial charge in [0.15, 0.2) is 0 Å². The van der Waals surface area contributed by atoms with Crippen molar-refractivity contribution in [1.29, 1.82) is 0 Å². The van der Waals surface area contributed by atoms with Crippen molar-refractivity contribution in [3.05, 3.63) is 75.7 Å². The molecule has 1 aliphatic rings. The maximum Gasteiger partial charge on any atom is 0.255 e. The molecule has 1 N–H and O–H groups in total. The molecule has 0 radical (unpaired) electrons. The Labute approximate surface area is 182 Å². The third-order valence-corrected chi connectivity index (χ3v) is 6.26. The Hall–Kier alpha value is -3.43. The Morgan fingerprint density at radius 2 is 2.06 bits per heavy atom. The maximum atomic E-state index is 12.7. The number of hydrogen-bond acceptors (Lipinski definition) is 8. The van der Waals surface area contributed by atoms with Gasteiger partial charge in [-0.1, -0.05) is 12.1 Å². The van der Waals surface area contributed by atoms with Crippen LogP contribution in [0.15, 0.2) is 54.0 Å². The predicted octanol–water partition coefficient (Wildman–Crippen LogP) is 2.92. The molecule has 4 heterocycles. The van der Waals surface area contributed by atoms with Gasteiger partial charge in [-0.2, -0.15) is 0 Å². The minimum absolute atomic E-state index is 0.102. The van der Waals surface area contributed by atoms with Gasteiger partial charge < -0.3 is 9.72 Å². The fraction of sp³-hybridized carbons (Fsp3) is 0.227. The van der Waals surface area contributed by atoms with Crippen molar-refractivity contribution in [1.82, 2.24) is 29.8 Å². The summed E-state index contributed by atoms with van der Waals surface area (Å²) in [6, 6.07) is 7.90. The lowest BCUT2D eigenvalue weighted by Crippen LogP contribution is -2.35. The zero-order chi connectivity index (χ0) is 21.2. The van der Waals surface area contributed by atoms with Gasteiger partial charge in [0.2, 0.25) is 0 Å². The molecule has 0 aliphatic carbocycles. The van der Waals surface area contributed by atoms with Crippen LogP contribution in [0.4, 0.5) is 0 Å². The van der Waals surface area contributed by atoms with E-state index < -0.39 is 0 Å². The van der Waals surface area contributed by atoms with Crippen molar-refractivity contribution >= 4 is 11.3 Å².